The van der Waals surface area contributed by atoms with E-state index in [1.54, 1.807) is 24.3 Å². The predicted molar refractivity (Wildman–Crippen MR) is 103 cm³/mol. The Morgan fingerprint density at radius 3 is 2.30 bits per heavy atom. The van der Waals surface area contributed by atoms with E-state index in [2.05, 4.69) is 5.32 Å². The molecule has 3 amide bonds. The van der Waals surface area contributed by atoms with Gasteiger partial charge in [-0.2, -0.15) is 11.8 Å². The number of rotatable bonds is 9. The zero-order valence-electron chi connectivity index (χ0n) is 15.7. The number of amides is 3. The first-order chi connectivity index (χ1) is 12.9. The van der Waals surface area contributed by atoms with E-state index in [0.29, 0.717) is 5.75 Å². The molecule has 1 aromatic carbocycles. The summed E-state index contributed by atoms with van der Waals surface area (Å²) in [7, 11) is 0. The zero-order valence-corrected chi connectivity index (χ0v) is 16.5. The van der Waals surface area contributed by atoms with Crippen LogP contribution in [-0.2, 0) is 14.3 Å². The standard InChI is InChI=1S/C19H24N2O5S/c1-4-12(2)20-16(22)11-26-19(25)15(9-10-27-3)21-17(23)13-7-5-6-8-14(13)18(21)24/h5-8,12,15H,4,9-11H2,1-3H3,(H,20,22)/t12-,15-/m0/s1. The van der Waals surface area contributed by atoms with Crippen LogP contribution in [0, 0.1) is 0 Å². The maximum absolute atomic E-state index is 12.6. The Morgan fingerprint density at radius 1 is 1.19 bits per heavy atom. The average Bonchev–Trinajstić information content (AvgIpc) is 2.92. The highest BCUT2D eigenvalue weighted by atomic mass is 32.2. The number of ether oxygens (including phenoxy) is 1. The van der Waals surface area contributed by atoms with Gasteiger partial charge in [-0.1, -0.05) is 19.1 Å². The number of hydrogen-bond donors (Lipinski definition) is 1. The van der Waals surface area contributed by atoms with Crippen molar-refractivity contribution in [1.29, 1.82) is 0 Å². The van der Waals surface area contributed by atoms with Crippen molar-refractivity contribution >= 4 is 35.5 Å². The largest absolute Gasteiger partial charge is 0.454 e. The SMILES string of the molecule is CC[C@H](C)NC(=O)COC(=O)[C@H](CCSC)N1C(=O)c2ccccc2C1=O. The molecule has 0 unspecified atom stereocenters. The Kier molecular flexibility index (Phi) is 7.41. The minimum atomic E-state index is -1.05. The molecule has 146 valence electrons. The first-order valence-electron chi connectivity index (χ1n) is 8.82. The van der Waals surface area contributed by atoms with Gasteiger partial charge in [-0.25, -0.2) is 4.79 Å². The summed E-state index contributed by atoms with van der Waals surface area (Å²) >= 11 is 1.49. The van der Waals surface area contributed by atoms with Crippen molar-refractivity contribution in [2.75, 3.05) is 18.6 Å². The Bertz CT molecular complexity index is 702. The number of benzene rings is 1. The molecule has 0 aliphatic carbocycles. The fraction of sp³-hybridized carbons (Fsp3) is 0.474. The molecule has 0 saturated carbocycles. The van der Waals surface area contributed by atoms with Crippen LogP contribution in [0.4, 0.5) is 0 Å². The van der Waals surface area contributed by atoms with Crippen molar-refractivity contribution in [3.63, 3.8) is 0 Å². The van der Waals surface area contributed by atoms with E-state index < -0.39 is 36.3 Å². The molecular weight excluding hydrogens is 368 g/mol. The maximum Gasteiger partial charge on any atom is 0.329 e. The molecule has 1 aliphatic heterocycles. The van der Waals surface area contributed by atoms with Gasteiger partial charge in [0.25, 0.3) is 17.7 Å². The van der Waals surface area contributed by atoms with Crippen molar-refractivity contribution < 1.29 is 23.9 Å². The second kappa shape index (κ2) is 9.55. The van der Waals surface area contributed by atoms with Crippen LogP contribution >= 0.6 is 11.8 Å². The van der Waals surface area contributed by atoms with Crippen LogP contribution in [0.2, 0.25) is 0 Å². The van der Waals surface area contributed by atoms with Crippen LogP contribution in [0.5, 0.6) is 0 Å². The van der Waals surface area contributed by atoms with Gasteiger partial charge in [0.2, 0.25) is 0 Å². The molecule has 0 fully saturated rings. The van der Waals surface area contributed by atoms with Crippen LogP contribution in [0.25, 0.3) is 0 Å². The molecule has 8 heteroatoms. The summed E-state index contributed by atoms with van der Waals surface area (Å²) in [5, 5.41) is 2.70. The lowest BCUT2D eigenvalue weighted by Crippen LogP contribution is -2.47. The number of fused-ring (bicyclic) bond motifs is 1. The summed E-state index contributed by atoms with van der Waals surface area (Å²) in [6, 6.07) is 5.38. The molecule has 2 atom stereocenters. The summed E-state index contributed by atoms with van der Waals surface area (Å²) in [6.45, 7) is 3.33. The molecule has 0 aromatic heterocycles. The Morgan fingerprint density at radius 2 is 1.78 bits per heavy atom. The van der Waals surface area contributed by atoms with E-state index in [1.165, 1.54) is 11.8 Å². The molecule has 7 nitrogen and oxygen atoms in total. The number of carbonyl (C=O) groups excluding carboxylic acids is 4. The molecule has 27 heavy (non-hydrogen) atoms. The molecule has 1 aromatic rings. The van der Waals surface area contributed by atoms with E-state index in [-0.39, 0.29) is 23.6 Å². The molecule has 2 rings (SSSR count). The molecule has 1 heterocycles. The van der Waals surface area contributed by atoms with Gasteiger partial charge in [0.15, 0.2) is 6.61 Å². The third-order valence-corrected chi connectivity index (χ3v) is 5.01. The van der Waals surface area contributed by atoms with Gasteiger partial charge in [-0.3, -0.25) is 19.3 Å². The van der Waals surface area contributed by atoms with E-state index >= 15 is 0 Å². The van der Waals surface area contributed by atoms with Crippen molar-refractivity contribution in [3.8, 4) is 0 Å². The van der Waals surface area contributed by atoms with Crippen molar-refractivity contribution in [3.05, 3.63) is 35.4 Å². The molecule has 1 aliphatic rings. The normalized spacial score (nSPS) is 15.3. The number of hydrogen-bond acceptors (Lipinski definition) is 6. The van der Waals surface area contributed by atoms with Gasteiger partial charge >= 0.3 is 5.97 Å². The van der Waals surface area contributed by atoms with Gasteiger partial charge in [0.1, 0.15) is 6.04 Å². The van der Waals surface area contributed by atoms with Gasteiger partial charge < -0.3 is 10.1 Å². The summed E-state index contributed by atoms with van der Waals surface area (Å²) in [6.07, 6.45) is 2.88. The predicted octanol–water partition coefficient (Wildman–Crippen LogP) is 1.86. The summed E-state index contributed by atoms with van der Waals surface area (Å²) in [5.41, 5.74) is 0.554. The highest BCUT2D eigenvalue weighted by molar-refractivity contribution is 7.98. The Labute approximate surface area is 162 Å². The van der Waals surface area contributed by atoms with Crippen LogP contribution in [0.1, 0.15) is 47.4 Å². The van der Waals surface area contributed by atoms with Crippen LogP contribution < -0.4 is 5.32 Å². The molecule has 0 saturated heterocycles. The van der Waals surface area contributed by atoms with E-state index in [4.69, 9.17) is 4.74 Å². The van der Waals surface area contributed by atoms with Crippen LogP contribution in [0.15, 0.2) is 24.3 Å². The molecule has 1 N–H and O–H groups in total. The minimum Gasteiger partial charge on any atom is -0.454 e. The van der Waals surface area contributed by atoms with Gasteiger partial charge in [0.05, 0.1) is 11.1 Å². The third-order valence-electron chi connectivity index (χ3n) is 4.37. The van der Waals surface area contributed by atoms with Gasteiger partial charge in [-0.05, 0) is 43.9 Å². The third kappa shape index (κ3) is 4.88. The Hall–Kier alpha value is -2.35. The summed E-state index contributed by atoms with van der Waals surface area (Å²) in [5.74, 6) is -1.63. The smallest absolute Gasteiger partial charge is 0.329 e. The number of nitrogens with one attached hydrogen (secondary N) is 1. The van der Waals surface area contributed by atoms with Crippen LogP contribution in [-0.4, -0.2) is 59.3 Å². The lowest BCUT2D eigenvalue weighted by molar-refractivity contribution is -0.152. The number of nitrogens with zero attached hydrogens (tertiary/aromatic N) is 1. The minimum absolute atomic E-state index is 0.0280. The fourth-order valence-corrected chi connectivity index (χ4v) is 3.18. The molecule has 0 spiro atoms. The first-order valence-corrected chi connectivity index (χ1v) is 10.2. The van der Waals surface area contributed by atoms with Gasteiger partial charge in [0, 0.05) is 6.04 Å². The molecule has 0 radical (unpaired) electrons. The fourth-order valence-electron chi connectivity index (χ4n) is 2.72. The maximum atomic E-state index is 12.6. The van der Waals surface area contributed by atoms with Crippen molar-refractivity contribution in [2.45, 2.75) is 38.8 Å². The summed E-state index contributed by atoms with van der Waals surface area (Å²) < 4.78 is 5.11. The van der Waals surface area contributed by atoms with Crippen molar-refractivity contribution in [1.82, 2.24) is 10.2 Å². The Balaban J connectivity index is 2.11. The second-order valence-corrected chi connectivity index (χ2v) is 7.29. The zero-order chi connectivity index (χ0) is 20.0. The number of thioether (sulfide) groups is 1. The summed E-state index contributed by atoms with van der Waals surface area (Å²) in [4.78, 5) is 50.7. The molecule has 0 bridgehead atoms. The first kappa shape index (κ1) is 21.0. The monoisotopic (exact) mass is 392 g/mol. The van der Waals surface area contributed by atoms with E-state index in [9.17, 15) is 19.2 Å². The van der Waals surface area contributed by atoms with Gasteiger partial charge in [-0.15, -0.1) is 0 Å². The second-order valence-electron chi connectivity index (χ2n) is 6.31. The quantitative estimate of drug-likeness (QED) is 0.509. The number of esters is 1. The van der Waals surface area contributed by atoms with E-state index in [1.807, 2.05) is 20.1 Å². The van der Waals surface area contributed by atoms with Crippen molar-refractivity contribution in [2.24, 2.45) is 0 Å². The number of imide groups is 1. The van der Waals surface area contributed by atoms with E-state index in [0.717, 1.165) is 11.3 Å². The highest BCUT2D eigenvalue weighted by Gasteiger charge is 2.43. The average molecular weight is 392 g/mol. The lowest BCUT2D eigenvalue weighted by Gasteiger charge is -2.24. The van der Waals surface area contributed by atoms with Crippen LogP contribution in [0.3, 0.4) is 0 Å². The number of carbonyl (C=O) groups is 4. The molecular formula is C19H24N2O5S. The lowest BCUT2D eigenvalue weighted by atomic mass is 10.1. The topological polar surface area (TPSA) is 92.8 Å². The highest BCUT2D eigenvalue weighted by Crippen LogP contribution is 2.26.